The van der Waals surface area contributed by atoms with Gasteiger partial charge < -0.3 is 19.2 Å². The lowest BCUT2D eigenvalue weighted by molar-refractivity contribution is -0.162. The number of hydrogen-bond donors (Lipinski definition) is 1. The highest BCUT2D eigenvalue weighted by Gasteiger charge is 2.60. The van der Waals surface area contributed by atoms with Gasteiger partial charge in [0.25, 0.3) is 7.98 Å². The number of nitrogens with zero attached hydrogens (tertiary/aromatic N) is 5. The first-order chi connectivity index (χ1) is 14.4. The number of aryl methyl sites for hydroxylation is 1. The molecular weight excluding hydrogens is 424 g/mol. The number of imidazole rings is 1. The van der Waals surface area contributed by atoms with E-state index < -0.39 is 18.0 Å². The average Bonchev–Trinajstić information content (AvgIpc) is 3.23. The summed E-state index contributed by atoms with van der Waals surface area (Å²) in [5, 5.41) is 14.2. The molecule has 4 heterocycles. The van der Waals surface area contributed by atoms with Gasteiger partial charge in [0, 0.05) is 29.2 Å². The summed E-state index contributed by atoms with van der Waals surface area (Å²) < 4.78 is 10.0. The molecule has 1 amide bonds. The van der Waals surface area contributed by atoms with Crippen molar-refractivity contribution in [1.82, 2.24) is 19.5 Å². The summed E-state index contributed by atoms with van der Waals surface area (Å²) in [4.78, 5) is 32.0. The summed E-state index contributed by atoms with van der Waals surface area (Å²) in [6.45, 7) is 3.56. The fourth-order valence-corrected chi connectivity index (χ4v) is 5.54. The molecule has 0 saturated carbocycles. The number of aliphatic hydroxyl groups excluding tert-OH is 1. The van der Waals surface area contributed by atoms with E-state index in [4.69, 9.17) is 12.5 Å². The molecule has 2 aromatic heterocycles. The van der Waals surface area contributed by atoms with Crippen molar-refractivity contribution >= 4 is 45.9 Å². The summed E-state index contributed by atoms with van der Waals surface area (Å²) in [6, 6.07) is 3.46. The number of hydrogen-bond acceptors (Lipinski definition) is 8. The molecule has 4 rings (SSSR count). The minimum atomic E-state index is -0.787. The van der Waals surface area contributed by atoms with E-state index >= 15 is 0 Å². The molecule has 1 fully saturated rings. The molecule has 3 unspecified atom stereocenters. The summed E-state index contributed by atoms with van der Waals surface area (Å²) >= 11 is 1.50. The van der Waals surface area contributed by atoms with E-state index in [9.17, 15) is 14.7 Å². The molecule has 0 spiro atoms. The SMILES string of the molecule is [B]N=POC(=O)C1=C(SCCc2cn3ncccc3n2)[C@H](C)C2C(C(C)O)C(=O)N12. The van der Waals surface area contributed by atoms with Gasteiger partial charge >= 0.3 is 5.97 Å². The predicted molar refractivity (Wildman–Crippen MR) is 112 cm³/mol. The van der Waals surface area contributed by atoms with Gasteiger partial charge in [-0.15, -0.1) is 11.8 Å². The number of fused-ring (bicyclic) bond motifs is 2. The van der Waals surface area contributed by atoms with E-state index in [1.165, 1.54) is 16.7 Å². The number of thioether (sulfide) groups is 1. The van der Waals surface area contributed by atoms with Crippen LogP contribution in [0.3, 0.4) is 0 Å². The number of β-lactam (4-membered cyclic amide) rings is 1. The van der Waals surface area contributed by atoms with Crippen LogP contribution in [0.2, 0.25) is 0 Å². The van der Waals surface area contributed by atoms with Gasteiger partial charge in [0.1, 0.15) is 5.70 Å². The number of carbonyl (C=O) groups excluding carboxylic acids is 2. The van der Waals surface area contributed by atoms with Crippen molar-refractivity contribution in [3.63, 3.8) is 0 Å². The first-order valence-corrected chi connectivity index (χ1v) is 11.2. The van der Waals surface area contributed by atoms with Gasteiger partial charge in [-0.3, -0.25) is 4.79 Å². The maximum atomic E-state index is 12.6. The van der Waals surface area contributed by atoms with Crippen LogP contribution in [0.15, 0.2) is 39.8 Å². The minimum absolute atomic E-state index is 0.0322. The first-order valence-electron chi connectivity index (χ1n) is 9.43. The average molecular weight is 443 g/mol. The molecule has 1 saturated heterocycles. The molecule has 9 nitrogen and oxygen atoms in total. The molecule has 12 heteroatoms. The lowest BCUT2D eigenvalue weighted by Gasteiger charge is -2.46. The summed E-state index contributed by atoms with van der Waals surface area (Å²) in [5.74, 6) is -0.867. The Morgan fingerprint density at radius 3 is 3.03 bits per heavy atom. The van der Waals surface area contributed by atoms with E-state index in [1.54, 1.807) is 17.6 Å². The molecule has 4 atom stereocenters. The number of aliphatic hydroxyl groups is 1. The molecule has 2 aliphatic heterocycles. The van der Waals surface area contributed by atoms with Crippen LogP contribution in [0.1, 0.15) is 19.5 Å². The molecule has 0 bridgehead atoms. The van der Waals surface area contributed by atoms with E-state index in [0.717, 1.165) is 16.2 Å². The van der Waals surface area contributed by atoms with E-state index in [2.05, 4.69) is 14.7 Å². The zero-order valence-electron chi connectivity index (χ0n) is 16.4. The van der Waals surface area contributed by atoms with Crippen LogP contribution in [0.5, 0.6) is 0 Å². The Balaban J connectivity index is 1.54. The van der Waals surface area contributed by atoms with Crippen LogP contribution in [0.4, 0.5) is 0 Å². The monoisotopic (exact) mass is 443 g/mol. The van der Waals surface area contributed by atoms with Gasteiger partial charge in [0.15, 0.2) is 5.65 Å². The van der Waals surface area contributed by atoms with Crippen molar-refractivity contribution in [1.29, 1.82) is 0 Å². The standard InChI is InChI=1S/C18H19BN5O4PS/c1-9-14-13(10(2)25)17(26)24(14)15(18(27)28-29-22-19)16(9)30-7-5-11-8-23-12(21-11)4-3-6-20-23/h3-4,6,8-10,13-14,25H,5,7H2,1-2H3/t9-,10?,13?,14?/m1/s1. The Kier molecular flexibility index (Phi) is 5.95. The first kappa shape index (κ1) is 21.0. The topological polar surface area (TPSA) is 109 Å². The second-order valence-electron chi connectivity index (χ2n) is 7.20. The molecule has 30 heavy (non-hydrogen) atoms. The highest BCUT2D eigenvalue weighted by atomic mass is 32.2. The zero-order valence-corrected chi connectivity index (χ0v) is 18.1. The van der Waals surface area contributed by atoms with Crippen LogP contribution in [0, 0.1) is 11.8 Å². The number of rotatable bonds is 7. The smallest absolute Gasteiger partial charge is 0.365 e. The van der Waals surface area contributed by atoms with Crippen molar-refractivity contribution < 1.29 is 19.2 Å². The third-order valence-corrected chi connectivity index (χ3v) is 7.00. The lowest BCUT2D eigenvalue weighted by atomic mass is 9.79. The molecule has 2 aliphatic rings. The third kappa shape index (κ3) is 3.55. The van der Waals surface area contributed by atoms with Crippen molar-refractivity contribution in [2.75, 3.05) is 5.75 Å². The van der Waals surface area contributed by atoms with E-state index in [1.807, 2.05) is 25.3 Å². The molecule has 0 aliphatic carbocycles. The van der Waals surface area contributed by atoms with Gasteiger partial charge in [-0.05, 0) is 19.1 Å². The van der Waals surface area contributed by atoms with Crippen molar-refractivity contribution in [3.05, 3.63) is 40.8 Å². The Hall–Kier alpha value is -2.23. The molecule has 154 valence electrons. The summed E-state index contributed by atoms with van der Waals surface area (Å²) in [5.41, 5.74) is 1.89. The van der Waals surface area contributed by atoms with E-state index in [-0.39, 0.29) is 32.2 Å². The Labute approximate surface area is 180 Å². The van der Waals surface area contributed by atoms with Crippen LogP contribution < -0.4 is 0 Å². The second kappa shape index (κ2) is 8.49. The number of carbonyl (C=O) groups is 2. The summed E-state index contributed by atoms with van der Waals surface area (Å²) in [6.07, 6.45) is 3.45. The van der Waals surface area contributed by atoms with E-state index in [0.29, 0.717) is 12.2 Å². The normalized spacial score (nSPS) is 24.4. The van der Waals surface area contributed by atoms with Gasteiger partial charge in [0.2, 0.25) is 14.5 Å². The van der Waals surface area contributed by atoms with Crippen LogP contribution in [-0.4, -0.2) is 62.4 Å². The highest BCUT2D eigenvalue weighted by molar-refractivity contribution is 8.03. The lowest BCUT2D eigenvalue weighted by Crippen LogP contribution is -2.63. The third-order valence-electron chi connectivity index (χ3n) is 5.38. The summed E-state index contributed by atoms with van der Waals surface area (Å²) in [7, 11) is 5.03. The van der Waals surface area contributed by atoms with Crippen molar-refractivity contribution in [3.8, 4) is 0 Å². The number of amides is 1. The van der Waals surface area contributed by atoms with Crippen molar-refractivity contribution in [2.45, 2.75) is 32.4 Å². The van der Waals surface area contributed by atoms with Crippen molar-refractivity contribution in [2.24, 2.45) is 16.5 Å². The van der Waals surface area contributed by atoms with Gasteiger partial charge in [-0.25, -0.2) is 14.3 Å². The number of aromatic nitrogens is 3. The van der Waals surface area contributed by atoms with Gasteiger partial charge in [-0.2, -0.15) is 5.10 Å². The largest absolute Gasteiger partial charge is 0.393 e. The highest BCUT2D eigenvalue weighted by Crippen LogP contribution is 2.50. The second-order valence-corrected chi connectivity index (χ2v) is 8.91. The molecule has 2 radical (unpaired) electrons. The van der Waals surface area contributed by atoms with Crippen LogP contribution in [0.25, 0.3) is 5.65 Å². The maximum Gasteiger partial charge on any atom is 0.365 e. The predicted octanol–water partition coefficient (Wildman–Crippen LogP) is 1.75. The van der Waals surface area contributed by atoms with Gasteiger partial charge in [-0.1, -0.05) is 6.92 Å². The molecule has 0 aromatic carbocycles. The Morgan fingerprint density at radius 1 is 1.53 bits per heavy atom. The van der Waals surface area contributed by atoms with Crippen LogP contribution >= 0.6 is 20.4 Å². The quantitative estimate of drug-likeness (QED) is 0.395. The fourth-order valence-electron chi connectivity index (χ4n) is 4.08. The van der Waals surface area contributed by atoms with Crippen LogP contribution in [-0.2, 0) is 20.5 Å². The fraction of sp³-hybridized carbons (Fsp3) is 0.444. The molecule has 1 N–H and O–H groups in total. The minimum Gasteiger partial charge on any atom is -0.393 e. The maximum absolute atomic E-state index is 12.6. The Morgan fingerprint density at radius 2 is 2.33 bits per heavy atom. The molecular formula is C18H19BN5O4PS. The van der Waals surface area contributed by atoms with Gasteiger partial charge in [0.05, 0.1) is 30.0 Å². The zero-order chi connectivity index (χ0) is 21.4. The Bertz CT molecular complexity index is 1030. The molecule has 2 aromatic rings.